The number of anilines is 1. The summed E-state index contributed by atoms with van der Waals surface area (Å²) >= 11 is 0. The van der Waals surface area contributed by atoms with E-state index in [1.807, 2.05) is 80.6 Å². The maximum absolute atomic E-state index is 12.5. The number of aromatic nitrogens is 1. The standard InChI is InChI=1S/C23H20N2O2/c1-15-10-11-20-21(12-15)27-22(25-20)14-17-7-5-8-18(13-17)24-23(26)19-9-4-3-6-16(19)2/h3-13H,14H2,1-2H3,(H,24,26). The van der Waals surface area contributed by atoms with E-state index in [1.54, 1.807) is 0 Å². The van der Waals surface area contributed by atoms with Crippen molar-refractivity contribution < 1.29 is 9.21 Å². The van der Waals surface area contributed by atoms with Gasteiger partial charge in [0.25, 0.3) is 5.91 Å². The van der Waals surface area contributed by atoms with E-state index in [1.165, 1.54) is 0 Å². The molecule has 0 atom stereocenters. The molecule has 0 radical (unpaired) electrons. The topological polar surface area (TPSA) is 55.1 Å². The summed E-state index contributed by atoms with van der Waals surface area (Å²) in [6.45, 7) is 3.96. The molecule has 0 bridgehead atoms. The van der Waals surface area contributed by atoms with Crippen molar-refractivity contribution >= 4 is 22.7 Å². The first-order valence-electron chi connectivity index (χ1n) is 8.90. The molecular formula is C23H20N2O2. The van der Waals surface area contributed by atoms with Crippen LogP contribution in [0, 0.1) is 13.8 Å². The fraction of sp³-hybridized carbons (Fsp3) is 0.130. The van der Waals surface area contributed by atoms with Crippen molar-refractivity contribution in [3.8, 4) is 0 Å². The molecule has 4 aromatic rings. The van der Waals surface area contributed by atoms with Gasteiger partial charge in [0.1, 0.15) is 5.52 Å². The van der Waals surface area contributed by atoms with Crippen LogP contribution < -0.4 is 5.32 Å². The second-order valence-corrected chi connectivity index (χ2v) is 6.72. The fourth-order valence-corrected chi connectivity index (χ4v) is 3.11. The lowest BCUT2D eigenvalue weighted by Gasteiger charge is -2.08. The Bertz CT molecular complexity index is 1130. The van der Waals surface area contributed by atoms with E-state index < -0.39 is 0 Å². The zero-order valence-corrected chi connectivity index (χ0v) is 15.3. The predicted molar refractivity (Wildman–Crippen MR) is 107 cm³/mol. The van der Waals surface area contributed by atoms with Crippen molar-refractivity contribution in [2.24, 2.45) is 0 Å². The van der Waals surface area contributed by atoms with Crippen LogP contribution in [0.2, 0.25) is 0 Å². The molecule has 0 spiro atoms. The minimum Gasteiger partial charge on any atom is -0.440 e. The second-order valence-electron chi connectivity index (χ2n) is 6.72. The molecule has 1 N–H and O–H groups in total. The molecule has 4 heteroatoms. The molecule has 0 aliphatic carbocycles. The number of carbonyl (C=O) groups is 1. The first-order valence-corrected chi connectivity index (χ1v) is 8.90. The average Bonchev–Trinajstić information content (AvgIpc) is 3.03. The lowest BCUT2D eigenvalue weighted by molar-refractivity contribution is 0.102. The average molecular weight is 356 g/mol. The number of fused-ring (bicyclic) bond motifs is 1. The Labute approximate surface area is 157 Å². The number of aryl methyl sites for hydroxylation is 2. The zero-order valence-electron chi connectivity index (χ0n) is 15.3. The summed E-state index contributed by atoms with van der Waals surface area (Å²) in [5.74, 6) is 0.556. The van der Waals surface area contributed by atoms with Crippen LogP contribution in [0.15, 0.2) is 71.1 Å². The third-order valence-corrected chi connectivity index (χ3v) is 4.52. The van der Waals surface area contributed by atoms with Gasteiger partial charge < -0.3 is 9.73 Å². The quantitative estimate of drug-likeness (QED) is 0.541. The predicted octanol–water partition coefficient (Wildman–Crippen LogP) is 5.29. The van der Waals surface area contributed by atoms with Crippen molar-refractivity contribution in [2.75, 3.05) is 5.32 Å². The van der Waals surface area contributed by atoms with Gasteiger partial charge >= 0.3 is 0 Å². The first kappa shape index (κ1) is 17.0. The molecular weight excluding hydrogens is 336 g/mol. The summed E-state index contributed by atoms with van der Waals surface area (Å²) in [5, 5.41) is 2.97. The molecule has 1 aromatic heterocycles. The number of rotatable bonds is 4. The van der Waals surface area contributed by atoms with Crippen LogP contribution in [0.3, 0.4) is 0 Å². The Hall–Kier alpha value is -3.40. The van der Waals surface area contributed by atoms with E-state index in [-0.39, 0.29) is 5.91 Å². The summed E-state index contributed by atoms with van der Waals surface area (Å²) in [6, 6.07) is 21.3. The Morgan fingerprint density at radius 3 is 2.70 bits per heavy atom. The van der Waals surface area contributed by atoms with Crippen LogP contribution in [0.25, 0.3) is 11.1 Å². The fourth-order valence-electron chi connectivity index (χ4n) is 3.11. The lowest BCUT2D eigenvalue weighted by atomic mass is 10.1. The number of benzene rings is 3. The maximum atomic E-state index is 12.5. The summed E-state index contributed by atoms with van der Waals surface area (Å²) in [6.07, 6.45) is 0.571. The highest BCUT2D eigenvalue weighted by Gasteiger charge is 2.10. The number of nitrogens with one attached hydrogen (secondary N) is 1. The monoisotopic (exact) mass is 356 g/mol. The van der Waals surface area contributed by atoms with Gasteiger partial charge in [-0.3, -0.25) is 4.79 Å². The second kappa shape index (κ2) is 7.08. The molecule has 1 amide bonds. The van der Waals surface area contributed by atoms with Gasteiger partial charge in [0, 0.05) is 17.7 Å². The summed E-state index contributed by atoms with van der Waals surface area (Å²) in [4.78, 5) is 17.1. The lowest BCUT2D eigenvalue weighted by Crippen LogP contribution is -2.13. The van der Waals surface area contributed by atoms with Crippen LogP contribution in [-0.2, 0) is 6.42 Å². The van der Waals surface area contributed by atoms with Gasteiger partial charge in [-0.15, -0.1) is 0 Å². The molecule has 4 nitrogen and oxygen atoms in total. The molecule has 0 saturated carbocycles. The van der Waals surface area contributed by atoms with E-state index in [0.717, 1.165) is 33.5 Å². The molecule has 0 saturated heterocycles. The van der Waals surface area contributed by atoms with Gasteiger partial charge in [-0.2, -0.15) is 0 Å². The van der Waals surface area contributed by atoms with Crippen molar-refractivity contribution in [2.45, 2.75) is 20.3 Å². The molecule has 0 aliphatic rings. The van der Waals surface area contributed by atoms with E-state index in [2.05, 4.69) is 10.3 Å². The smallest absolute Gasteiger partial charge is 0.255 e. The number of oxazole rings is 1. The zero-order chi connectivity index (χ0) is 18.8. The van der Waals surface area contributed by atoms with Crippen molar-refractivity contribution in [1.29, 1.82) is 0 Å². The highest BCUT2D eigenvalue weighted by Crippen LogP contribution is 2.21. The first-order chi connectivity index (χ1) is 13.1. The van der Waals surface area contributed by atoms with E-state index in [4.69, 9.17) is 4.42 Å². The number of carbonyl (C=O) groups excluding carboxylic acids is 1. The normalized spacial score (nSPS) is 10.9. The highest BCUT2D eigenvalue weighted by atomic mass is 16.3. The summed E-state index contributed by atoms with van der Waals surface area (Å²) in [5.41, 5.74) is 6.22. The summed E-state index contributed by atoms with van der Waals surface area (Å²) in [7, 11) is 0. The van der Waals surface area contributed by atoms with Crippen molar-refractivity contribution in [1.82, 2.24) is 4.98 Å². The third kappa shape index (κ3) is 3.75. The largest absolute Gasteiger partial charge is 0.440 e. The van der Waals surface area contributed by atoms with Crippen molar-refractivity contribution in [3.05, 3.63) is 94.9 Å². The van der Waals surface area contributed by atoms with Crippen LogP contribution in [-0.4, -0.2) is 10.9 Å². The molecule has 0 aliphatic heterocycles. The van der Waals surface area contributed by atoms with Gasteiger partial charge in [-0.1, -0.05) is 36.4 Å². The Balaban J connectivity index is 1.53. The SMILES string of the molecule is Cc1ccc2nc(Cc3cccc(NC(=O)c4ccccc4C)c3)oc2c1. The number of hydrogen-bond donors (Lipinski definition) is 1. The van der Waals surface area contributed by atoms with E-state index >= 15 is 0 Å². The Morgan fingerprint density at radius 2 is 1.85 bits per heavy atom. The number of nitrogens with zero attached hydrogens (tertiary/aromatic N) is 1. The van der Waals surface area contributed by atoms with Gasteiger partial charge in [-0.05, 0) is 60.9 Å². The Morgan fingerprint density at radius 1 is 1.00 bits per heavy atom. The van der Waals surface area contributed by atoms with Gasteiger partial charge in [-0.25, -0.2) is 4.98 Å². The molecule has 1 heterocycles. The summed E-state index contributed by atoms with van der Waals surface area (Å²) < 4.78 is 5.86. The van der Waals surface area contributed by atoms with Crippen molar-refractivity contribution in [3.63, 3.8) is 0 Å². The molecule has 27 heavy (non-hydrogen) atoms. The minimum atomic E-state index is -0.109. The van der Waals surface area contributed by atoms with Gasteiger partial charge in [0.15, 0.2) is 11.5 Å². The van der Waals surface area contributed by atoms with Crippen LogP contribution >= 0.6 is 0 Å². The number of hydrogen-bond acceptors (Lipinski definition) is 3. The third-order valence-electron chi connectivity index (χ3n) is 4.52. The molecule has 134 valence electrons. The van der Waals surface area contributed by atoms with Gasteiger partial charge in [0.05, 0.1) is 0 Å². The van der Waals surface area contributed by atoms with E-state index in [9.17, 15) is 4.79 Å². The maximum Gasteiger partial charge on any atom is 0.255 e. The van der Waals surface area contributed by atoms with Crippen LogP contribution in [0.5, 0.6) is 0 Å². The van der Waals surface area contributed by atoms with E-state index in [0.29, 0.717) is 17.9 Å². The van der Waals surface area contributed by atoms with Crippen LogP contribution in [0.1, 0.15) is 32.9 Å². The molecule has 0 unspecified atom stereocenters. The molecule has 3 aromatic carbocycles. The van der Waals surface area contributed by atoms with Crippen LogP contribution in [0.4, 0.5) is 5.69 Å². The molecule has 0 fully saturated rings. The minimum absolute atomic E-state index is 0.109. The Kier molecular flexibility index (Phi) is 4.47. The highest BCUT2D eigenvalue weighted by molar-refractivity contribution is 6.05. The van der Waals surface area contributed by atoms with Gasteiger partial charge in [0.2, 0.25) is 0 Å². The molecule has 4 rings (SSSR count). The number of amides is 1.